The van der Waals surface area contributed by atoms with Crippen LogP contribution in [0.5, 0.6) is 0 Å². The van der Waals surface area contributed by atoms with Gasteiger partial charge in [-0.1, -0.05) is 21.1 Å². The van der Waals surface area contributed by atoms with Gasteiger partial charge >= 0.3 is 5.97 Å². The summed E-state index contributed by atoms with van der Waals surface area (Å²) in [5, 5.41) is 3.72. The Balaban J connectivity index is 2.64. The molecule has 0 radical (unpaired) electrons. The summed E-state index contributed by atoms with van der Waals surface area (Å²) in [7, 11) is 1.25. The SMILES string of the molecule is COC(=O)c1c(-c2cc(Br)ccc2F)noc1C. The van der Waals surface area contributed by atoms with E-state index in [1.165, 1.54) is 19.2 Å². The quantitative estimate of drug-likeness (QED) is 0.798. The van der Waals surface area contributed by atoms with Crippen LogP contribution in [0.2, 0.25) is 0 Å². The lowest BCUT2D eigenvalue weighted by Crippen LogP contribution is -2.04. The van der Waals surface area contributed by atoms with E-state index >= 15 is 0 Å². The monoisotopic (exact) mass is 313 g/mol. The van der Waals surface area contributed by atoms with Gasteiger partial charge in [0.05, 0.1) is 7.11 Å². The molecule has 1 heterocycles. The fourth-order valence-electron chi connectivity index (χ4n) is 1.58. The molecule has 1 aromatic carbocycles. The molecule has 0 saturated heterocycles. The number of esters is 1. The number of halogens is 2. The predicted octanol–water partition coefficient (Wildman–Crippen LogP) is 3.34. The van der Waals surface area contributed by atoms with E-state index in [0.29, 0.717) is 4.47 Å². The topological polar surface area (TPSA) is 52.3 Å². The maximum absolute atomic E-state index is 13.8. The van der Waals surface area contributed by atoms with Crippen LogP contribution >= 0.6 is 15.9 Å². The van der Waals surface area contributed by atoms with Crippen LogP contribution in [-0.4, -0.2) is 18.2 Å². The molecule has 0 amide bonds. The van der Waals surface area contributed by atoms with Gasteiger partial charge in [0.2, 0.25) is 0 Å². The first-order valence-electron chi connectivity index (χ1n) is 5.04. The van der Waals surface area contributed by atoms with Gasteiger partial charge in [0.25, 0.3) is 0 Å². The molecule has 0 spiro atoms. The van der Waals surface area contributed by atoms with E-state index in [4.69, 9.17) is 4.52 Å². The molecule has 1 aromatic heterocycles. The average molecular weight is 314 g/mol. The first-order valence-corrected chi connectivity index (χ1v) is 5.84. The van der Waals surface area contributed by atoms with Crippen molar-refractivity contribution in [1.29, 1.82) is 0 Å². The number of hydrogen-bond acceptors (Lipinski definition) is 4. The molecule has 0 unspecified atom stereocenters. The number of ether oxygens (including phenoxy) is 1. The van der Waals surface area contributed by atoms with Gasteiger partial charge in [0.1, 0.15) is 22.8 Å². The van der Waals surface area contributed by atoms with Crippen LogP contribution < -0.4 is 0 Å². The molecular formula is C12H9BrFNO3. The number of benzene rings is 1. The first-order chi connectivity index (χ1) is 8.54. The number of methoxy groups -OCH3 is 1. The highest BCUT2D eigenvalue weighted by atomic mass is 79.9. The summed E-state index contributed by atoms with van der Waals surface area (Å²) in [6.07, 6.45) is 0. The summed E-state index contributed by atoms with van der Waals surface area (Å²) in [6.45, 7) is 1.57. The number of hydrogen-bond donors (Lipinski definition) is 0. The third-order valence-corrected chi connectivity index (χ3v) is 2.93. The maximum atomic E-state index is 13.8. The molecule has 4 nitrogen and oxygen atoms in total. The van der Waals surface area contributed by atoms with Gasteiger partial charge in [-0.05, 0) is 25.1 Å². The second-order valence-electron chi connectivity index (χ2n) is 3.58. The minimum absolute atomic E-state index is 0.134. The van der Waals surface area contributed by atoms with E-state index in [1.54, 1.807) is 13.0 Å². The maximum Gasteiger partial charge on any atom is 0.343 e. The summed E-state index contributed by atoms with van der Waals surface area (Å²) >= 11 is 3.24. The number of aryl methyl sites for hydroxylation is 1. The Bertz CT molecular complexity index is 609. The molecule has 0 fully saturated rings. The first kappa shape index (κ1) is 12.8. The highest BCUT2D eigenvalue weighted by Gasteiger charge is 2.24. The fourth-order valence-corrected chi connectivity index (χ4v) is 1.94. The zero-order valence-electron chi connectivity index (χ0n) is 9.66. The molecule has 2 rings (SSSR count). The number of rotatable bonds is 2. The molecule has 0 bridgehead atoms. The summed E-state index contributed by atoms with van der Waals surface area (Å²) in [5.41, 5.74) is 0.453. The van der Waals surface area contributed by atoms with Crippen LogP contribution in [0, 0.1) is 12.7 Å². The number of aromatic nitrogens is 1. The Hall–Kier alpha value is -1.69. The van der Waals surface area contributed by atoms with Crippen molar-refractivity contribution in [3.05, 3.63) is 39.8 Å². The van der Waals surface area contributed by atoms with E-state index in [1.807, 2.05) is 0 Å². The Morgan fingerprint density at radius 3 is 2.89 bits per heavy atom. The van der Waals surface area contributed by atoms with Crippen molar-refractivity contribution in [3.63, 3.8) is 0 Å². The normalized spacial score (nSPS) is 10.4. The van der Waals surface area contributed by atoms with Crippen LogP contribution in [0.1, 0.15) is 16.1 Å². The highest BCUT2D eigenvalue weighted by molar-refractivity contribution is 9.10. The predicted molar refractivity (Wildman–Crippen MR) is 65.7 cm³/mol. The van der Waals surface area contributed by atoms with E-state index in [0.717, 1.165) is 0 Å². The molecule has 0 aliphatic rings. The van der Waals surface area contributed by atoms with Gasteiger partial charge in [-0.25, -0.2) is 9.18 Å². The molecule has 18 heavy (non-hydrogen) atoms. The van der Waals surface area contributed by atoms with Crippen molar-refractivity contribution < 1.29 is 18.4 Å². The van der Waals surface area contributed by atoms with Crippen molar-refractivity contribution in [2.75, 3.05) is 7.11 Å². The Morgan fingerprint density at radius 2 is 2.22 bits per heavy atom. The molecule has 6 heteroatoms. The van der Waals surface area contributed by atoms with Crippen LogP contribution in [0.3, 0.4) is 0 Å². The molecule has 0 aliphatic heterocycles. The summed E-state index contributed by atoms with van der Waals surface area (Å²) in [4.78, 5) is 11.6. The Morgan fingerprint density at radius 1 is 1.50 bits per heavy atom. The fraction of sp³-hybridized carbons (Fsp3) is 0.167. The van der Waals surface area contributed by atoms with E-state index in [2.05, 4.69) is 25.8 Å². The number of carbonyl (C=O) groups excluding carboxylic acids is 1. The number of carbonyl (C=O) groups is 1. The molecule has 0 saturated carbocycles. The molecule has 94 valence electrons. The second-order valence-corrected chi connectivity index (χ2v) is 4.49. The van der Waals surface area contributed by atoms with Gasteiger partial charge in [-0.15, -0.1) is 0 Å². The Kier molecular flexibility index (Phi) is 3.47. The van der Waals surface area contributed by atoms with Gasteiger partial charge in [0.15, 0.2) is 0 Å². The Labute approximate surface area is 111 Å². The average Bonchev–Trinajstić information content (AvgIpc) is 2.73. The van der Waals surface area contributed by atoms with Gasteiger partial charge in [-0.2, -0.15) is 0 Å². The molecule has 0 aliphatic carbocycles. The zero-order chi connectivity index (χ0) is 13.3. The van der Waals surface area contributed by atoms with E-state index in [-0.39, 0.29) is 22.6 Å². The number of nitrogens with zero attached hydrogens (tertiary/aromatic N) is 1. The van der Waals surface area contributed by atoms with E-state index in [9.17, 15) is 9.18 Å². The lowest BCUT2D eigenvalue weighted by Gasteiger charge is -2.03. The van der Waals surface area contributed by atoms with Crippen LogP contribution in [-0.2, 0) is 4.74 Å². The summed E-state index contributed by atoms with van der Waals surface area (Å²) in [6, 6.07) is 4.37. The third kappa shape index (κ3) is 2.15. The minimum Gasteiger partial charge on any atom is -0.465 e. The summed E-state index contributed by atoms with van der Waals surface area (Å²) < 4.78 is 24.0. The van der Waals surface area contributed by atoms with Crippen LogP contribution in [0.15, 0.2) is 27.2 Å². The molecule has 0 N–H and O–H groups in total. The lowest BCUT2D eigenvalue weighted by atomic mass is 10.1. The van der Waals surface area contributed by atoms with Gasteiger partial charge in [0, 0.05) is 10.0 Å². The molecular weight excluding hydrogens is 305 g/mol. The van der Waals surface area contributed by atoms with Crippen molar-refractivity contribution >= 4 is 21.9 Å². The van der Waals surface area contributed by atoms with Gasteiger partial charge in [-0.3, -0.25) is 0 Å². The van der Waals surface area contributed by atoms with Crippen molar-refractivity contribution in [3.8, 4) is 11.3 Å². The lowest BCUT2D eigenvalue weighted by molar-refractivity contribution is 0.0599. The van der Waals surface area contributed by atoms with E-state index < -0.39 is 11.8 Å². The van der Waals surface area contributed by atoms with Crippen LogP contribution in [0.4, 0.5) is 4.39 Å². The zero-order valence-corrected chi connectivity index (χ0v) is 11.2. The third-order valence-electron chi connectivity index (χ3n) is 2.44. The van der Waals surface area contributed by atoms with Gasteiger partial charge < -0.3 is 9.26 Å². The van der Waals surface area contributed by atoms with Crippen molar-refractivity contribution in [2.45, 2.75) is 6.92 Å². The molecule has 0 atom stereocenters. The smallest absolute Gasteiger partial charge is 0.343 e. The summed E-state index contributed by atoms with van der Waals surface area (Å²) in [5.74, 6) is -0.809. The van der Waals surface area contributed by atoms with Crippen molar-refractivity contribution in [1.82, 2.24) is 5.16 Å². The standard InChI is InChI=1S/C12H9BrFNO3/c1-6-10(12(16)17-2)11(15-18-6)8-5-7(13)3-4-9(8)14/h3-5H,1-2H3. The largest absolute Gasteiger partial charge is 0.465 e. The highest BCUT2D eigenvalue weighted by Crippen LogP contribution is 2.30. The van der Waals surface area contributed by atoms with Crippen molar-refractivity contribution in [2.24, 2.45) is 0 Å². The molecule has 2 aromatic rings. The minimum atomic E-state index is -0.608. The second kappa shape index (κ2) is 4.89. The van der Waals surface area contributed by atoms with Crippen LogP contribution in [0.25, 0.3) is 11.3 Å².